The molecule has 1 atom stereocenters. The molecule has 1 unspecified atom stereocenters. The second-order valence-corrected chi connectivity index (χ2v) is 6.53. The fraction of sp³-hybridized carbons (Fsp3) is 0.526. The number of amides is 1. The topological polar surface area (TPSA) is 74.0 Å². The molecular formula is C19H29IN6O. The van der Waals surface area contributed by atoms with Crippen LogP contribution in [0.5, 0.6) is 0 Å². The molecule has 0 spiro atoms. The van der Waals surface area contributed by atoms with E-state index in [1.807, 2.05) is 40.6 Å². The summed E-state index contributed by atoms with van der Waals surface area (Å²) in [5.74, 6) is 1.04. The number of pyridine rings is 1. The van der Waals surface area contributed by atoms with Gasteiger partial charge in [0.2, 0.25) is 5.91 Å². The summed E-state index contributed by atoms with van der Waals surface area (Å²) in [6.07, 6.45) is 6.38. The Labute approximate surface area is 177 Å². The number of hydrogen-bond donors (Lipinski definition) is 2. The van der Waals surface area contributed by atoms with E-state index in [0.29, 0.717) is 13.0 Å². The molecular weight excluding hydrogens is 455 g/mol. The number of carbonyl (C=O) groups is 1. The van der Waals surface area contributed by atoms with Gasteiger partial charge in [0.05, 0.1) is 5.69 Å². The SMILES string of the molecule is CCNC(=NCCc1cn2ccccc2n1)NC1CCN(C(=O)CC)C1.I. The summed E-state index contributed by atoms with van der Waals surface area (Å²) in [4.78, 5) is 23.0. The summed E-state index contributed by atoms with van der Waals surface area (Å²) in [6, 6.07) is 6.25. The normalized spacial score (nSPS) is 17.0. The number of guanidine groups is 1. The van der Waals surface area contributed by atoms with E-state index in [1.54, 1.807) is 0 Å². The largest absolute Gasteiger partial charge is 0.357 e. The smallest absolute Gasteiger partial charge is 0.222 e. The molecule has 1 fully saturated rings. The number of nitrogens with zero attached hydrogens (tertiary/aromatic N) is 4. The van der Waals surface area contributed by atoms with Crippen LogP contribution in [0.4, 0.5) is 0 Å². The number of fused-ring (bicyclic) bond motifs is 1. The zero-order chi connectivity index (χ0) is 18.4. The quantitative estimate of drug-likeness (QED) is 0.374. The number of aliphatic imine (C=N–C) groups is 1. The van der Waals surface area contributed by atoms with Crippen LogP contribution >= 0.6 is 24.0 Å². The van der Waals surface area contributed by atoms with Gasteiger partial charge in [-0.15, -0.1) is 24.0 Å². The zero-order valence-electron chi connectivity index (χ0n) is 16.0. The number of imidazole rings is 1. The van der Waals surface area contributed by atoms with E-state index in [2.05, 4.69) is 33.7 Å². The molecule has 1 amide bonds. The van der Waals surface area contributed by atoms with Crippen LogP contribution in [0.2, 0.25) is 0 Å². The Morgan fingerprint density at radius 3 is 2.96 bits per heavy atom. The van der Waals surface area contributed by atoms with Crippen molar-refractivity contribution in [2.75, 3.05) is 26.2 Å². The van der Waals surface area contributed by atoms with Gasteiger partial charge in [-0.1, -0.05) is 13.0 Å². The average Bonchev–Trinajstić information content (AvgIpc) is 3.27. The molecule has 0 aromatic carbocycles. The van der Waals surface area contributed by atoms with Crippen molar-refractivity contribution >= 4 is 41.5 Å². The molecule has 8 heteroatoms. The van der Waals surface area contributed by atoms with Crippen molar-refractivity contribution in [1.29, 1.82) is 0 Å². The highest BCUT2D eigenvalue weighted by atomic mass is 127. The average molecular weight is 484 g/mol. The molecule has 148 valence electrons. The molecule has 3 heterocycles. The van der Waals surface area contributed by atoms with E-state index in [1.165, 1.54) is 0 Å². The van der Waals surface area contributed by atoms with Gasteiger partial charge in [-0.25, -0.2) is 4.98 Å². The molecule has 2 N–H and O–H groups in total. The van der Waals surface area contributed by atoms with Crippen LogP contribution < -0.4 is 10.6 Å². The Morgan fingerprint density at radius 2 is 2.22 bits per heavy atom. The molecule has 0 radical (unpaired) electrons. The lowest BCUT2D eigenvalue weighted by atomic mass is 10.3. The van der Waals surface area contributed by atoms with Crippen LogP contribution in [-0.2, 0) is 11.2 Å². The maximum atomic E-state index is 11.8. The molecule has 0 saturated carbocycles. The van der Waals surface area contributed by atoms with Gasteiger partial charge in [-0.3, -0.25) is 9.79 Å². The van der Waals surface area contributed by atoms with Gasteiger partial charge < -0.3 is 19.9 Å². The Bertz CT molecular complexity index is 741. The molecule has 2 aromatic heterocycles. The number of carbonyl (C=O) groups excluding carboxylic acids is 1. The third kappa shape index (κ3) is 5.82. The highest BCUT2D eigenvalue weighted by molar-refractivity contribution is 14.0. The summed E-state index contributed by atoms with van der Waals surface area (Å²) >= 11 is 0. The van der Waals surface area contributed by atoms with Gasteiger partial charge >= 0.3 is 0 Å². The first-order valence-corrected chi connectivity index (χ1v) is 9.44. The van der Waals surface area contributed by atoms with Gasteiger partial charge in [-0.2, -0.15) is 0 Å². The van der Waals surface area contributed by atoms with Crippen LogP contribution in [-0.4, -0.2) is 58.4 Å². The van der Waals surface area contributed by atoms with E-state index < -0.39 is 0 Å². The molecule has 1 saturated heterocycles. The van der Waals surface area contributed by atoms with E-state index in [4.69, 9.17) is 0 Å². The summed E-state index contributed by atoms with van der Waals surface area (Å²) < 4.78 is 2.03. The first kappa shape index (κ1) is 21.5. The number of hydrogen-bond acceptors (Lipinski definition) is 3. The number of nitrogens with one attached hydrogen (secondary N) is 2. The number of aromatic nitrogens is 2. The van der Waals surface area contributed by atoms with Crippen LogP contribution in [0.3, 0.4) is 0 Å². The van der Waals surface area contributed by atoms with Crippen molar-refractivity contribution in [3.05, 3.63) is 36.3 Å². The minimum Gasteiger partial charge on any atom is -0.357 e. The minimum atomic E-state index is 0. The van der Waals surface area contributed by atoms with Gasteiger partial charge in [0.15, 0.2) is 5.96 Å². The van der Waals surface area contributed by atoms with Crippen molar-refractivity contribution in [3.63, 3.8) is 0 Å². The second-order valence-electron chi connectivity index (χ2n) is 6.53. The third-order valence-corrected chi connectivity index (χ3v) is 4.58. The first-order chi connectivity index (χ1) is 12.7. The van der Waals surface area contributed by atoms with Crippen molar-refractivity contribution in [3.8, 4) is 0 Å². The third-order valence-electron chi connectivity index (χ3n) is 4.58. The first-order valence-electron chi connectivity index (χ1n) is 9.44. The predicted molar refractivity (Wildman–Crippen MR) is 119 cm³/mol. The van der Waals surface area contributed by atoms with Crippen molar-refractivity contribution in [1.82, 2.24) is 24.9 Å². The molecule has 1 aliphatic rings. The predicted octanol–water partition coefficient (Wildman–Crippen LogP) is 2.06. The molecule has 0 bridgehead atoms. The lowest BCUT2D eigenvalue weighted by Crippen LogP contribution is -2.45. The highest BCUT2D eigenvalue weighted by Crippen LogP contribution is 2.10. The lowest BCUT2D eigenvalue weighted by Gasteiger charge is -2.18. The zero-order valence-corrected chi connectivity index (χ0v) is 18.3. The Kier molecular flexibility index (Phi) is 8.33. The van der Waals surface area contributed by atoms with Crippen molar-refractivity contribution in [2.45, 2.75) is 39.2 Å². The van der Waals surface area contributed by atoms with Gasteiger partial charge in [0, 0.05) is 57.5 Å². The maximum Gasteiger partial charge on any atom is 0.222 e. The second kappa shape index (κ2) is 10.5. The molecule has 2 aromatic rings. The summed E-state index contributed by atoms with van der Waals surface area (Å²) in [5.41, 5.74) is 2.00. The maximum absolute atomic E-state index is 11.8. The fourth-order valence-electron chi connectivity index (χ4n) is 3.23. The summed E-state index contributed by atoms with van der Waals surface area (Å²) in [7, 11) is 0. The summed E-state index contributed by atoms with van der Waals surface area (Å²) in [6.45, 7) is 7.03. The van der Waals surface area contributed by atoms with Gasteiger partial charge in [0.25, 0.3) is 0 Å². The number of rotatable bonds is 6. The molecule has 1 aliphatic heterocycles. The van der Waals surface area contributed by atoms with Gasteiger partial charge in [0.1, 0.15) is 5.65 Å². The van der Waals surface area contributed by atoms with E-state index in [9.17, 15) is 4.79 Å². The standard InChI is InChI=1S/C19H28N6O.HI/c1-3-18(26)25-12-9-16(14-25)23-19(20-4-2)21-10-8-15-13-24-11-6-5-7-17(24)22-15;/h5-7,11,13,16H,3-4,8-10,12,14H2,1-2H3,(H2,20,21,23);1H. The van der Waals surface area contributed by atoms with Crippen LogP contribution in [0.1, 0.15) is 32.4 Å². The monoisotopic (exact) mass is 484 g/mol. The molecule has 27 heavy (non-hydrogen) atoms. The van der Waals surface area contributed by atoms with E-state index in [-0.39, 0.29) is 35.9 Å². The molecule has 3 rings (SSSR count). The van der Waals surface area contributed by atoms with E-state index in [0.717, 1.165) is 49.8 Å². The lowest BCUT2D eigenvalue weighted by molar-refractivity contribution is -0.129. The van der Waals surface area contributed by atoms with Gasteiger partial charge in [-0.05, 0) is 25.5 Å². The van der Waals surface area contributed by atoms with Crippen molar-refractivity contribution in [2.24, 2.45) is 4.99 Å². The fourth-order valence-corrected chi connectivity index (χ4v) is 3.23. The number of likely N-dealkylation sites (tertiary alicyclic amines) is 1. The van der Waals surface area contributed by atoms with Crippen LogP contribution in [0.25, 0.3) is 5.65 Å². The Morgan fingerprint density at radius 1 is 1.37 bits per heavy atom. The summed E-state index contributed by atoms with van der Waals surface area (Å²) in [5, 5.41) is 6.75. The Balaban J connectivity index is 0.00000261. The van der Waals surface area contributed by atoms with Crippen LogP contribution in [0, 0.1) is 0 Å². The van der Waals surface area contributed by atoms with Crippen molar-refractivity contribution < 1.29 is 4.79 Å². The molecule has 7 nitrogen and oxygen atoms in total. The van der Waals surface area contributed by atoms with E-state index >= 15 is 0 Å². The number of halogens is 1. The van der Waals surface area contributed by atoms with Crippen LogP contribution in [0.15, 0.2) is 35.6 Å². The molecule has 0 aliphatic carbocycles. The highest BCUT2D eigenvalue weighted by Gasteiger charge is 2.25. The Hall–Kier alpha value is -1.84. The minimum absolute atomic E-state index is 0.